The molecule has 2 aromatic rings. The lowest BCUT2D eigenvalue weighted by Crippen LogP contribution is -2.33. The number of carbonyl (C=O) groups is 1. The standard InChI is InChI=1S/C24H28N4O6/c29-19-25-27(33-17-21-10-4-1-5-11-21)15-9-3-8-14-23(16-24(31)32)28(26-20-30)34-18-22-12-6-2-7-13-22/h1-2,4-7,10-13,23H,3,8-9,14-18H2,(H,31,32). The van der Waals surface area contributed by atoms with Gasteiger partial charge in [-0.1, -0.05) is 83.7 Å². The maximum atomic E-state index is 11.3. The first-order valence-corrected chi connectivity index (χ1v) is 10.9. The summed E-state index contributed by atoms with van der Waals surface area (Å²) in [6.45, 7) is 0.774. The third-order valence-electron chi connectivity index (χ3n) is 4.83. The van der Waals surface area contributed by atoms with Crippen molar-refractivity contribution in [2.45, 2.75) is 51.4 Å². The van der Waals surface area contributed by atoms with E-state index < -0.39 is 12.0 Å². The van der Waals surface area contributed by atoms with Gasteiger partial charge in [0.05, 0.1) is 19.0 Å². The topological polar surface area (TPSA) is 121 Å². The first-order valence-electron chi connectivity index (χ1n) is 10.9. The second kappa shape index (κ2) is 15.9. The number of carbonyl (C=O) groups excluding carboxylic acids is 2. The van der Waals surface area contributed by atoms with Crippen LogP contribution in [0.5, 0.6) is 0 Å². The Labute approximate surface area is 198 Å². The van der Waals surface area contributed by atoms with Gasteiger partial charge in [-0.2, -0.15) is 10.3 Å². The first kappa shape index (κ1) is 26.4. The maximum absolute atomic E-state index is 11.3. The van der Waals surface area contributed by atoms with E-state index in [0.717, 1.165) is 16.3 Å². The molecule has 0 bridgehead atoms. The molecule has 0 amide bonds. The minimum atomic E-state index is -1.03. The zero-order chi connectivity index (χ0) is 24.4. The van der Waals surface area contributed by atoms with Crippen LogP contribution < -0.4 is 0 Å². The summed E-state index contributed by atoms with van der Waals surface area (Å²) in [6, 6.07) is 18.1. The maximum Gasteiger partial charge on any atom is 0.305 e. The molecule has 1 atom stereocenters. The average molecular weight is 469 g/mol. The Morgan fingerprint density at radius 2 is 1.44 bits per heavy atom. The molecule has 0 aliphatic heterocycles. The van der Waals surface area contributed by atoms with Gasteiger partial charge in [0, 0.05) is 0 Å². The molecule has 1 unspecified atom stereocenters. The van der Waals surface area contributed by atoms with Crippen molar-refractivity contribution >= 4 is 18.1 Å². The summed E-state index contributed by atoms with van der Waals surface area (Å²) in [5.41, 5.74) is 1.80. The molecule has 0 spiro atoms. The van der Waals surface area contributed by atoms with Crippen molar-refractivity contribution in [2.24, 2.45) is 10.2 Å². The summed E-state index contributed by atoms with van der Waals surface area (Å²) in [7, 11) is 0. The van der Waals surface area contributed by atoms with Crippen LogP contribution in [-0.2, 0) is 37.3 Å². The lowest BCUT2D eigenvalue weighted by molar-refractivity contribution is -0.202. The van der Waals surface area contributed by atoms with Gasteiger partial charge in [0.1, 0.15) is 13.2 Å². The lowest BCUT2D eigenvalue weighted by Gasteiger charge is -2.25. The Balaban J connectivity index is 1.82. The highest BCUT2D eigenvalue weighted by molar-refractivity contribution is 5.67. The zero-order valence-corrected chi connectivity index (χ0v) is 18.8. The Kier molecular flexibility index (Phi) is 12.4. The van der Waals surface area contributed by atoms with E-state index in [0.29, 0.717) is 32.2 Å². The number of aliphatic carboxylic acids is 1. The van der Waals surface area contributed by atoms with Crippen LogP contribution in [0.2, 0.25) is 0 Å². The van der Waals surface area contributed by atoms with Crippen LogP contribution in [0.4, 0.5) is 0 Å². The van der Waals surface area contributed by atoms with Crippen molar-refractivity contribution in [2.75, 3.05) is 6.54 Å². The number of carboxylic acid groups (broad SMARTS) is 1. The minimum absolute atomic E-state index is 0.138. The van der Waals surface area contributed by atoms with Crippen molar-refractivity contribution in [1.82, 2.24) is 10.3 Å². The number of nitrogens with zero attached hydrogens (tertiary/aromatic N) is 4. The number of hydrazone groups is 2. The molecule has 0 heterocycles. The molecule has 2 rings (SSSR count). The lowest BCUT2D eigenvalue weighted by atomic mass is 10.1. The van der Waals surface area contributed by atoms with Crippen LogP contribution in [0, 0.1) is 0 Å². The predicted molar refractivity (Wildman–Crippen MR) is 122 cm³/mol. The fourth-order valence-corrected chi connectivity index (χ4v) is 3.18. The number of rotatable bonds is 17. The fraction of sp³-hybridized carbons (Fsp3) is 0.375. The van der Waals surface area contributed by atoms with Crippen LogP contribution in [0.15, 0.2) is 70.9 Å². The number of hydroxylamine groups is 2. The summed E-state index contributed by atoms with van der Waals surface area (Å²) in [6.07, 6.45) is 5.06. The van der Waals surface area contributed by atoms with Gasteiger partial charge in [-0.25, -0.2) is 9.59 Å². The highest BCUT2D eigenvalue weighted by Gasteiger charge is 2.22. The minimum Gasteiger partial charge on any atom is -0.481 e. The van der Waals surface area contributed by atoms with E-state index in [1.54, 1.807) is 0 Å². The number of hydrogen-bond donors (Lipinski definition) is 1. The van der Waals surface area contributed by atoms with Crippen LogP contribution in [-0.4, -0.2) is 46.2 Å². The van der Waals surface area contributed by atoms with Crippen molar-refractivity contribution in [1.29, 1.82) is 0 Å². The highest BCUT2D eigenvalue weighted by atomic mass is 16.7. The van der Waals surface area contributed by atoms with E-state index in [1.807, 2.05) is 60.7 Å². The molecule has 0 saturated heterocycles. The van der Waals surface area contributed by atoms with Gasteiger partial charge in [0.2, 0.25) is 0 Å². The average Bonchev–Trinajstić information content (AvgIpc) is 2.85. The highest BCUT2D eigenvalue weighted by Crippen LogP contribution is 2.17. The summed E-state index contributed by atoms with van der Waals surface area (Å²) in [5.74, 6) is -1.03. The van der Waals surface area contributed by atoms with Gasteiger partial charge in [0.25, 0.3) is 12.2 Å². The van der Waals surface area contributed by atoms with Crippen molar-refractivity contribution in [3.8, 4) is 0 Å². The predicted octanol–water partition coefficient (Wildman–Crippen LogP) is 3.76. The van der Waals surface area contributed by atoms with Crippen molar-refractivity contribution in [3.05, 3.63) is 71.8 Å². The van der Waals surface area contributed by atoms with Gasteiger partial charge >= 0.3 is 5.97 Å². The Morgan fingerprint density at radius 1 is 0.853 bits per heavy atom. The SMILES string of the molecule is O=C=NN(CCCCCC(CC(=O)O)N(N=C=O)OCc1ccccc1)OCc1ccccc1. The molecule has 1 N–H and O–H groups in total. The van der Waals surface area contributed by atoms with E-state index in [1.165, 1.54) is 17.3 Å². The number of carboxylic acids is 1. The zero-order valence-electron chi connectivity index (χ0n) is 18.8. The normalized spacial score (nSPS) is 11.1. The van der Waals surface area contributed by atoms with E-state index in [4.69, 9.17) is 9.68 Å². The molecular weight excluding hydrogens is 440 g/mol. The van der Waals surface area contributed by atoms with Gasteiger partial charge < -0.3 is 5.11 Å². The van der Waals surface area contributed by atoms with Crippen molar-refractivity contribution < 1.29 is 29.2 Å². The first-order chi connectivity index (χ1) is 16.6. The van der Waals surface area contributed by atoms with Gasteiger partial charge in [-0.15, -0.1) is 0 Å². The molecule has 10 nitrogen and oxygen atoms in total. The van der Waals surface area contributed by atoms with Crippen LogP contribution in [0.1, 0.15) is 43.2 Å². The number of isocyanates is 2. The van der Waals surface area contributed by atoms with Crippen LogP contribution in [0.3, 0.4) is 0 Å². The third kappa shape index (κ3) is 10.7. The molecule has 0 saturated carbocycles. The molecule has 0 fully saturated rings. The quantitative estimate of drug-likeness (QED) is 0.161. The molecule has 180 valence electrons. The number of hydrogen-bond acceptors (Lipinski definition) is 9. The van der Waals surface area contributed by atoms with E-state index >= 15 is 0 Å². The van der Waals surface area contributed by atoms with E-state index in [9.17, 15) is 19.5 Å². The smallest absolute Gasteiger partial charge is 0.305 e. The van der Waals surface area contributed by atoms with Gasteiger partial charge in [-0.05, 0) is 24.0 Å². The number of benzene rings is 2. The summed E-state index contributed by atoms with van der Waals surface area (Å²) >= 11 is 0. The molecule has 0 radical (unpaired) electrons. The Morgan fingerprint density at radius 3 is 2.00 bits per heavy atom. The fourth-order valence-electron chi connectivity index (χ4n) is 3.18. The van der Waals surface area contributed by atoms with Crippen LogP contribution >= 0.6 is 0 Å². The molecule has 34 heavy (non-hydrogen) atoms. The summed E-state index contributed by atoms with van der Waals surface area (Å²) in [5, 5.41) is 18.6. The molecule has 0 aliphatic rings. The summed E-state index contributed by atoms with van der Waals surface area (Å²) in [4.78, 5) is 44.0. The molecule has 0 aliphatic carbocycles. The van der Waals surface area contributed by atoms with E-state index in [-0.39, 0.29) is 19.6 Å². The van der Waals surface area contributed by atoms with Crippen molar-refractivity contribution in [3.63, 3.8) is 0 Å². The molecular formula is C24H28N4O6. The van der Waals surface area contributed by atoms with Gasteiger partial charge in [0.15, 0.2) is 0 Å². The number of unbranched alkanes of at least 4 members (excludes halogenated alkanes) is 2. The third-order valence-corrected chi connectivity index (χ3v) is 4.83. The second-order valence-corrected chi connectivity index (χ2v) is 7.38. The van der Waals surface area contributed by atoms with Gasteiger partial charge in [-0.3, -0.25) is 14.5 Å². The molecule has 2 aromatic carbocycles. The largest absolute Gasteiger partial charge is 0.481 e. The molecule has 10 heteroatoms. The Bertz CT molecular complexity index is 946. The Hall–Kier alpha value is -3.81. The monoisotopic (exact) mass is 468 g/mol. The van der Waals surface area contributed by atoms with Crippen LogP contribution in [0.25, 0.3) is 0 Å². The van der Waals surface area contributed by atoms with E-state index in [2.05, 4.69) is 10.2 Å². The second-order valence-electron chi connectivity index (χ2n) is 7.38. The molecule has 0 aromatic heterocycles. The summed E-state index contributed by atoms with van der Waals surface area (Å²) < 4.78 is 0.